The minimum atomic E-state index is -0.598. The molecule has 0 amide bonds. The van der Waals surface area contributed by atoms with Crippen LogP contribution in [-0.4, -0.2) is 43.9 Å². The quantitative estimate of drug-likeness (QED) is 0.221. The average molecular weight is 516 g/mol. The highest BCUT2D eigenvalue weighted by Gasteiger charge is 2.26. The molecule has 182 valence electrons. The zero-order valence-corrected chi connectivity index (χ0v) is 20.8. The molecule has 0 radical (unpaired) electrons. The highest BCUT2D eigenvalue weighted by atomic mass is 32.1. The number of allylic oxidation sites excluding steroid dienone is 1. The van der Waals surface area contributed by atoms with Crippen LogP contribution in [-0.2, 0) is 14.2 Å². The van der Waals surface area contributed by atoms with Crippen molar-refractivity contribution in [2.75, 3.05) is 32.2 Å². The van der Waals surface area contributed by atoms with Crippen LogP contribution < -0.4 is 5.32 Å². The maximum absolute atomic E-state index is 13.2. The number of halogens is 1. The first-order valence-corrected chi connectivity index (χ1v) is 12.1. The van der Waals surface area contributed by atoms with Gasteiger partial charge in [0.2, 0.25) is 0 Å². The molecule has 3 aromatic rings. The van der Waals surface area contributed by atoms with E-state index in [0.717, 1.165) is 11.3 Å². The Kier molecular flexibility index (Phi) is 9.08. The molecular weight excluding hydrogens is 493 g/mol. The number of nitrogens with zero attached hydrogens (tertiary/aromatic N) is 2. The Morgan fingerprint density at radius 1 is 1.20 bits per heavy atom. The molecule has 0 bridgehead atoms. The fourth-order valence-corrected chi connectivity index (χ4v) is 4.82. The fourth-order valence-electron chi connectivity index (χ4n) is 2.97. The molecule has 0 atom stereocenters. The lowest BCUT2D eigenvalue weighted by Gasteiger charge is -2.05. The molecule has 3 rings (SSSR count). The van der Waals surface area contributed by atoms with Gasteiger partial charge in [-0.2, -0.15) is 5.26 Å². The first kappa shape index (κ1) is 26.0. The average Bonchev–Trinajstić information content (AvgIpc) is 3.45. The van der Waals surface area contributed by atoms with Gasteiger partial charge >= 0.3 is 11.9 Å². The number of nitrogens with one attached hydrogen (secondary N) is 1. The maximum atomic E-state index is 13.2. The van der Waals surface area contributed by atoms with Gasteiger partial charge in [-0.1, -0.05) is 0 Å². The third-order valence-corrected chi connectivity index (χ3v) is 6.75. The Labute approximate surface area is 209 Å². The summed E-state index contributed by atoms with van der Waals surface area (Å²) in [5.41, 5.74) is 2.14. The molecule has 0 saturated carbocycles. The van der Waals surface area contributed by atoms with Crippen molar-refractivity contribution in [2.45, 2.75) is 13.8 Å². The van der Waals surface area contributed by atoms with Crippen LogP contribution in [0.25, 0.3) is 16.8 Å². The van der Waals surface area contributed by atoms with E-state index in [1.807, 2.05) is 0 Å². The van der Waals surface area contributed by atoms with E-state index in [1.165, 1.54) is 36.8 Å². The molecule has 0 unspecified atom stereocenters. The molecule has 2 heterocycles. The number of hydrogen-bond acceptors (Lipinski definition) is 10. The predicted molar refractivity (Wildman–Crippen MR) is 132 cm³/mol. The summed E-state index contributed by atoms with van der Waals surface area (Å²) in [6, 6.07) is 7.97. The number of methoxy groups -OCH3 is 1. The largest absolute Gasteiger partial charge is 0.462 e. The van der Waals surface area contributed by atoms with E-state index in [1.54, 1.807) is 31.4 Å². The third-order valence-electron chi connectivity index (χ3n) is 4.67. The number of aromatic nitrogens is 1. The summed E-state index contributed by atoms with van der Waals surface area (Å²) in [5, 5.41) is 15.2. The van der Waals surface area contributed by atoms with E-state index in [9.17, 15) is 19.2 Å². The molecule has 8 nitrogen and oxygen atoms in total. The molecular formula is C24H22FN3O5S2. The number of benzene rings is 1. The van der Waals surface area contributed by atoms with Gasteiger partial charge in [0, 0.05) is 24.3 Å². The van der Waals surface area contributed by atoms with Crippen molar-refractivity contribution in [3.63, 3.8) is 0 Å². The smallest absolute Gasteiger partial charge is 0.348 e. The van der Waals surface area contributed by atoms with Crippen LogP contribution in [0.3, 0.4) is 0 Å². The lowest BCUT2D eigenvalue weighted by atomic mass is 10.1. The first-order valence-electron chi connectivity index (χ1n) is 10.4. The number of carbonyl (C=O) groups is 2. The SMILES string of the molecule is CCOC(=O)c1c(N/C=C(/C#N)c2nc(-c3ccc(F)cc3)cs2)sc(C(=O)OCCOC)c1C. The van der Waals surface area contributed by atoms with Crippen molar-refractivity contribution < 1.29 is 28.2 Å². The molecule has 35 heavy (non-hydrogen) atoms. The molecule has 0 fully saturated rings. The van der Waals surface area contributed by atoms with E-state index in [0.29, 0.717) is 26.8 Å². The number of thiazole rings is 1. The zero-order valence-electron chi connectivity index (χ0n) is 19.2. The number of hydrogen-bond donors (Lipinski definition) is 1. The molecule has 1 aromatic carbocycles. The molecule has 0 saturated heterocycles. The van der Waals surface area contributed by atoms with Crippen molar-refractivity contribution in [2.24, 2.45) is 0 Å². The number of nitriles is 1. The summed E-state index contributed by atoms with van der Waals surface area (Å²) in [4.78, 5) is 29.8. The van der Waals surface area contributed by atoms with Gasteiger partial charge in [-0.15, -0.1) is 22.7 Å². The summed E-state index contributed by atoms with van der Waals surface area (Å²) < 4.78 is 28.4. The fraction of sp³-hybridized carbons (Fsp3) is 0.250. The van der Waals surface area contributed by atoms with Crippen LogP contribution >= 0.6 is 22.7 Å². The van der Waals surface area contributed by atoms with Crippen molar-refractivity contribution >= 4 is 45.2 Å². The highest BCUT2D eigenvalue weighted by molar-refractivity contribution is 7.18. The first-order chi connectivity index (χ1) is 16.9. The second-order valence-corrected chi connectivity index (χ2v) is 8.85. The summed E-state index contributed by atoms with van der Waals surface area (Å²) >= 11 is 2.27. The molecule has 1 N–H and O–H groups in total. The van der Waals surface area contributed by atoms with Gasteiger partial charge in [0.25, 0.3) is 0 Å². The number of rotatable bonds is 10. The minimum Gasteiger partial charge on any atom is -0.462 e. The van der Waals surface area contributed by atoms with E-state index in [2.05, 4.69) is 16.4 Å². The summed E-state index contributed by atoms with van der Waals surface area (Å²) in [7, 11) is 1.50. The van der Waals surface area contributed by atoms with E-state index in [4.69, 9.17) is 14.2 Å². The van der Waals surface area contributed by atoms with Gasteiger partial charge < -0.3 is 19.5 Å². The Bertz CT molecular complexity index is 1280. The topological polar surface area (TPSA) is 111 Å². The Hall–Kier alpha value is -3.59. The molecule has 2 aromatic heterocycles. The van der Waals surface area contributed by atoms with Gasteiger partial charge in [0.15, 0.2) is 0 Å². The third kappa shape index (κ3) is 6.30. The molecule has 11 heteroatoms. The second kappa shape index (κ2) is 12.2. The summed E-state index contributed by atoms with van der Waals surface area (Å²) in [5.74, 6) is -1.53. The maximum Gasteiger partial charge on any atom is 0.348 e. The number of anilines is 1. The van der Waals surface area contributed by atoms with Gasteiger partial charge in [-0.05, 0) is 43.7 Å². The van der Waals surface area contributed by atoms with E-state index < -0.39 is 11.9 Å². The van der Waals surface area contributed by atoms with Crippen LogP contribution in [0, 0.1) is 24.1 Å². The lowest BCUT2D eigenvalue weighted by Crippen LogP contribution is -2.11. The van der Waals surface area contributed by atoms with Gasteiger partial charge in [-0.3, -0.25) is 0 Å². The van der Waals surface area contributed by atoms with E-state index in [-0.39, 0.29) is 41.7 Å². The van der Waals surface area contributed by atoms with Crippen LogP contribution in [0.5, 0.6) is 0 Å². The lowest BCUT2D eigenvalue weighted by molar-refractivity contribution is 0.0393. The molecule has 0 spiro atoms. The van der Waals surface area contributed by atoms with Crippen molar-refractivity contribution in [1.29, 1.82) is 5.26 Å². The van der Waals surface area contributed by atoms with Gasteiger partial charge in [0.1, 0.15) is 39.0 Å². The molecule has 0 aliphatic carbocycles. The monoisotopic (exact) mass is 515 g/mol. The predicted octanol–water partition coefficient (Wildman–Crippen LogP) is 5.28. The van der Waals surface area contributed by atoms with Crippen LogP contribution in [0.4, 0.5) is 9.39 Å². The number of ether oxygens (including phenoxy) is 3. The van der Waals surface area contributed by atoms with Crippen LogP contribution in [0.2, 0.25) is 0 Å². The van der Waals surface area contributed by atoms with Crippen LogP contribution in [0.1, 0.15) is 37.5 Å². The van der Waals surface area contributed by atoms with Crippen LogP contribution in [0.15, 0.2) is 35.8 Å². The summed E-state index contributed by atoms with van der Waals surface area (Å²) in [6.07, 6.45) is 1.42. The summed E-state index contributed by atoms with van der Waals surface area (Å²) in [6.45, 7) is 3.79. The minimum absolute atomic E-state index is 0.0725. The number of esters is 2. The Balaban J connectivity index is 1.89. The van der Waals surface area contributed by atoms with Crippen molar-refractivity contribution in [1.82, 2.24) is 4.98 Å². The van der Waals surface area contributed by atoms with Crippen molar-refractivity contribution in [3.8, 4) is 17.3 Å². The van der Waals surface area contributed by atoms with Gasteiger partial charge in [-0.25, -0.2) is 19.0 Å². The van der Waals surface area contributed by atoms with Gasteiger partial charge in [0.05, 0.1) is 24.5 Å². The standard InChI is InChI=1S/C24H22FN3O5S2/c1-4-32-23(29)19-14(2)20(24(30)33-10-9-31-3)35-22(19)27-12-16(11-26)21-28-18(13-34-21)15-5-7-17(25)8-6-15/h5-8,12-13,27H,4,9-10H2,1-3H3/b16-12-. The zero-order chi connectivity index (χ0) is 25.4. The number of carbonyl (C=O) groups excluding carboxylic acids is 2. The van der Waals surface area contributed by atoms with E-state index >= 15 is 0 Å². The normalized spacial score (nSPS) is 11.1. The molecule has 0 aliphatic rings. The Morgan fingerprint density at radius 3 is 2.60 bits per heavy atom. The number of thiophene rings is 1. The second-order valence-electron chi connectivity index (χ2n) is 6.97. The Morgan fingerprint density at radius 2 is 1.94 bits per heavy atom. The van der Waals surface area contributed by atoms with Crippen molar-refractivity contribution in [3.05, 3.63) is 62.7 Å². The molecule has 0 aliphatic heterocycles. The highest BCUT2D eigenvalue weighted by Crippen LogP contribution is 2.35.